The molecule has 1 saturated heterocycles. The summed E-state index contributed by atoms with van der Waals surface area (Å²) in [6.45, 7) is 2.04. The molecule has 2 atom stereocenters. The smallest absolute Gasteiger partial charge is 0.464 e. The number of piperazine rings is 1. The Morgan fingerprint density at radius 3 is 2.62 bits per heavy atom. The van der Waals surface area contributed by atoms with Crippen molar-refractivity contribution < 1.29 is 44.5 Å². The number of carbonyl (C=O) groups excluding carboxylic acids is 2. The molecule has 37 heavy (non-hydrogen) atoms. The topological polar surface area (TPSA) is 141 Å². The molecule has 1 fully saturated rings. The third-order valence-corrected chi connectivity index (χ3v) is 6.76. The van der Waals surface area contributed by atoms with Gasteiger partial charge in [0.05, 0.1) is 11.8 Å². The number of rotatable bonds is 7. The van der Waals surface area contributed by atoms with Crippen LogP contribution in [0.2, 0.25) is 0 Å². The zero-order chi connectivity index (χ0) is 27.0. The van der Waals surface area contributed by atoms with E-state index in [2.05, 4.69) is 10.1 Å². The number of benzene rings is 2. The van der Waals surface area contributed by atoms with Crippen LogP contribution in [0.4, 0.5) is 13.2 Å². The summed E-state index contributed by atoms with van der Waals surface area (Å²) in [5.41, 5.74) is 5.96. The van der Waals surface area contributed by atoms with Gasteiger partial charge >= 0.3 is 22.3 Å². The number of para-hydroxylation sites is 1. The Morgan fingerprint density at radius 2 is 1.92 bits per heavy atom. The molecule has 14 heteroatoms. The number of halogens is 3. The van der Waals surface area contributed by atoms with Gasteiger partial charge in [-0.15, -0.1) is 0 Å². The lowest BCUT2D eigenvalue weighted by atomic mass is 10.1. The molecule has 0 aliphatic carbocycles. The van der Waals surface area contributed by atoms with Crippen LogP contribution in [-0.4, -0.2) is 56.7 Å². The minimum Gasteiger partial charge on any atom is -0.464 e. The Balaban J connectivity index is 1.61. The average molecular weight is 542 g/mol. The van der Waals surface area contributed by atoms with Crippen LogP contribution < -0.4 is 15.2 Å². The Hall–Kier alpha value is -3.62. The predicted molar refractivity (Wildman–Crippen MR) is 123 cm³/mol. The molecule has 3 N–H and O–H groups in total. The van der Waals surface area contributed by atoms with Crippen LogP contribution in [0, 0.1) is 0 Å². The van der Waals surface area contributed by atoms with Crippen molar-refractivity contribution >= 4 is 33.0 Å². The van der Waals surface area contributed by atoms with E-state index in [1.54, 1.807) is 17.9 Å². The van der Waals surface area contributed by atoms with Gasteiger partial charge in [-0.3, -0.25) is 15.0 Å². The molecule has 4 rings (SSSR count). The van der Waals surface area contributed by atoms with Gasteiger partial charge in [0.2, 0.25) is 0 Å². The number of primary amides is 1. The number of nitrogens with zero attached hydrogens (tertiary/aromatic N) is 1. The summed E-state index contributed by atoms with van der Waals surface area (Å²) in [6.07, 6.45) is -5.00. The van der Waals surface area contributed by atoms with Gasteiger partial charge in [0.1, 0.15) is 10.5 Å². The summed E-state index contributed by atoms with van der Waals surface area (Å²) in [5.74, 6) is -3.42. The molecule has 1 aliphatic rings. The molecule has 0 radical (unpaired) electrons. The second-order valence-electron chi connectivity index (χ2n) is 8.47. The summed E-state index contributed by atoms with van der Waals surface area (Å²) in [5, 5.41) is 3.22. The zero-order valence-corrected chi connectivity index (χ0v) is 20.1. The van der Waals surface area contributed by atoms with E-state index in [-0.39, 0.29) is 35.3 Å². The van der Waals surface area contributed by atoms with Crippen LogP contribution >= 0.6 is 0 Å². The van der Waals surface area contributed by atoms with Crippen molar-refractivity contribution in [2.24, 2.45) is 5.73 Å². The van der Waals surface area contributed by atoms with E-state index >= 15 is 0 Å². The molecule has 1 aliphatic heterocycles. The van der Waals surface area contributed by atoms with E-state index < -0.39 is 34.4 Å². The lowest BCUT2D eigenvalue weighted by Gasteiger charge is -2.37. The van der Waals surface area contributed by atoms with Gasteiger partial charge in [0.25, 0.3) is 5.91 Å². The Bertz CT molecular complexity index is 1440. The fraction of sp³-hybridized carbons (Fsp3) is 0.304. The highest BCUT2D eigenvalue weighted by molar-refractivity contribution is 7.87. The predicted octanol–water partition coefficient (Wildman–Crippen LogP) is 2.52. The Morgan fingerprint density at radius 1 is 1.19 bits per heavy atom. The fourth-order valence-corrected chi connectivity index (χ4v) is 5.09. The fourth-order valence-electron chi connectivity index (χ4n) is 4.05. The van der Waals surface area contributed by atoms with Crippen molar-refractivity contribution in [3.63, 3.8) is 0 Å². The monoisotopic (exact) mass is 541 g/mol. The van der Waals surface area contributed by atoms with Gasteiger partial charge in [-0.1, -0.05) is 12.1 Å². The molecule has 2 heterocycles. The number of esters is 1. The number of amides is 1. The molecule has 1 aromatic heterocycles. The van der Waals surface area contributed by atoms with Gasteiger partial charge in [0.15, 0.2) is 12.0 Å². The number of ether oxygens (including phenoxy) is 1. The third-order valence-electron chi connectivity index (χ3n) is 5.54. The first-order valence-corrected chi connectivity index (χ1v) is 12.3. The van der Waals surface area contributed by atoms with Crippen LogP contribution in [-0.2, 0) is 26.2 Å². The standard InChI is InChI=1S/C23H22F3N3O7S/c1-13-10-29(12-19(28-13)35-22(31)23(24,25)26)11-15-9-16(8-14-6-7-34-20(14)15)37(32,33)36-18-5-3-2-4-17(18)21(27)30/h2-9,13,19,28H,10-12H2,1H3,(H2,27,30)/t13-,19?/m0/s1. The zero-order valence-electron chi connectivity index (χ0n) is 19.3. The molecule has 0 bridgehead atoms. The summed E-state index contributed by atoms with van der Waals surface area (Å²) in [7, 11) is -4.43. The van der Waals surface area contributed by atoms with E-state index in [4.69, 9.17) is 14.3 Å². The van der Waals surface area contributed by atoms with Crippen molar-refractivity contribution in [3.8, 4) is 5.75 Å². The molecule has 1 amide bonds. The minimum absolute atomic E-state index is 0.0668. The quantitative estimate of drug-likeness (QED) is 0.341. The van der Waals surface area contributed by atoms with Crippen molar-refractivity contribution in [1.29, 1.82) is 0 Å². The van der Waals surface area contributed by atoms with Crippen LogP contribution in [0.3, 0.4) is 0 Å². The number of nitrogens with one attached hydrogen (secondary N) is 1. The number of carbonyl (C=O) groups is 2. The summed E-state index contributed by atoms with van der Waals surface area (Å²) >= 11 is 0. The van der Waals surface area contributed by atoms with Crippen LogP contribution in [0.15, 0.2) is 58.0 Å². The maximum absolute atomic E-state index is 13.1. The van der Waals surface area contributed by atoms with E-state index in [9.17, 15) is 31.2 Å². The summed E-state index contributed by atoms with van der Waals surface area (Å²) in [4.78, 5) is 24.4. The maximum atomic E-state index is 13.1. The van der Waals surface area contributed by atoms with Crippen LogP contribution in [0.1, 0.15) is 22.8 Å². The lowest BCUT2D eigenvalue weighted by molar-refractivity contribution is -0.208. The average Bonchev–Trinajstić information content (AvgIpc) is 3.27. The number of alkyl halides is 3. The number of furan rings is 1. The number of hydrogen-bond donors (Lipinski definition) is 2. The highest BCUT2D eigenvalue weighted by Gasteiger charge is 2.43. The number of fused-ring (bicyclic) bond motifs is 1. The Labute approximate surface area is 209 Å². The molecule has 3 aromatic rings. The summed E-state index contributed by atoms with van der Waals surface area (Å²) < 4.78 is 79.4. The first-order chi connectivity index (χ1) is 17.3. The van der Waals surface area contributed by atoms with Gasteiger partial charge in [0, 0.05) is 36.6 Å². The first kappa shape index (κ1) is 26.4. The van der Waals surface area contributed by atoms with Gasteiger partial charge in [-0.2, -0.15) is 21.6 Å². The number of hydrogen-bond acceptors (Lipinski definition) is 9. The largest absolute Gasteiger partial charge is 0.490 e. The first-order valence-electron chi connectivity index (χ1n) is 10.9. The van der Waals surface area contributed by atoms with Gasteiger partial charge in [-0.05, 0) is 37.3 Å². The SMILES string of the molecule is C[C@H]1CN(Cc2cc(S(=O)(=O)Oc3ccccc3C(N)=O)cc3ccoc23)CC(OC(=O)C(F)(F)F)N1. The van der Waals surface area contributed by atoms with Gasteiger partial charge in [-0.25, -0.2) is 4.79 Å². The molecule has 0 saturated carbocycles. The van der Waals surface area contributed by atoms with E-state index in [0.717, 1.165) is 0 Å². The van der Waals surface area contributed by atoms with Crippen molar-refractivity contribution in [2.45, 2.75) is 36.8 Å². The Kier molecular flexibility index (Phi) is 7.17. The second-order valence-corrected chi connectivity index (χ2v) is 10.0. The molecular formula is C23H22F3N3O7S. The molecule has 10 nitrogen and oxygen atoms in total. The van der Waals surface area contributed by atoms with Gasteiger partial charge < -0.3 is 19.1 Å². The van der Waals surface area contributed by atoms with E-state index in [1.807, 2.05) is 0 Å². The maximum Gasteiger partial charge on any atom is 0.490 e. The van der Waals surface area contributed by atoms with Crippen LogP contribution in [0.25, 0.3) is 11.0 Å². The highest BCUT2D eigenvalue weighted by Crippen LogP contribution is 2.29. The second kappa shape index (κ2) is 10.0. The molecule has 0 spiro atoms. The highest BCUT2D eigenvalue weighted by atomic mass is 32.2. The molecular weight excluding hydrogens is 519 g/mol. The summed E-state index contributed by atoms with van der Waals surface area (Å²) in [6, 6.07) is 9.45. The molecule has 2 aromatic carbocycles. The molecule has 198 valence electrons. The van der Waals surface area contributed by atoms with Crippen molar-refractivity contribution in [1.82, 2.24) is 10.2 Å². The van der Waals surface area contributed by atoms with Crippen LogP contribution in [0.5, 0.6) is 5.75 Å². The number of nitrogens with two attached hydrogens (primary N) is 1. The molecule has 1 unspecified atom stereocenters. The van der Waals surface area contributed by atoms with E-state index in [0.29, 0.717) is 23.1 Å². The third kappa shape index (κ3) is 6.03. The van der Waals surface area contributed by atoms with Crippen molar-refractivity contribution in [3.05, 3.63) is 59.9 Å². The van der Waals surface area contributed by atoms with Crippen molar-refractivity contribution in [2.75, 3.05) is 13.1 Å². The van der Waals surface area contributed by atoms with E-state index in [1.165, 1.54) is 42.7 Å². The normalized spacial score (nSPS) is 19.0. The lowest BCUT2D eigenvalue weighted by Crippen LogP contribution is -2.57. The minimum atomic E-state index is -5.14.